The summed E-state index contributed by atoms with van der Waals surface area (Å²) in [7, 11) is -3.71. The van der Waals surface area contributed by atoms with Gasteiger partial charge < -0.3 is 15.0 Å². The van der Waals surface area contributed by atoms with E-state index in [0.29, 0.717) is 24.3 Å². The summed E-state index contributed by atoms with van der Waals surface area (Å²) in [5, 5.41) is 2.90. The Morgan fingerprint density at radius 3 is 2.39 bits per heavy atom. The summed E-state index contributed by atoms with van der Waals surface area (Å²) in [5.41, 5.74) is 2.09. The number of nitrogens with one attached hydrogen (secondary N) is 1. The minimum atomic E-state index is -3.71. The summed E-state index contributed by atoms with van der Waals surface area (Å²) in [6.45, 7) is 6.36. The topological polar surface area (TPSA) is 79.0 Å². The first-order valence-corrected chi connectivity index (χ1v) is 12.2. The number of morpholine rings is 1. The van der Waals surface area contributed by atoms with Gasteiger partial charge in [-0.15, -0.1) is 0 Å². The molecule has 4 rings (SSSR count). The number of amides is 1. The monoisotopic (exact) mass is 443 g/mol. The first-order chi connectivity index (χ1) is 14.8. The maximum atomic E-state index is 13.1. The first-order valence-electron chi connectivity index (χ1n) is 10.7. The predicted molar refractivity (Wildman–Crippen MR) is 121 cm³/mol. The number of sulfonamides is 1. The number of carbonyl (C=O) groups excluding carboxylic acids is 1. The number of nitrogens with zero attached hydrogens (tertiary/aromatic N) is 2. The average Bonchev–Trinajstić information content (AvgIpc) is 3.28. The van der Waals surface area contributed by atoms with Gasteiger partial charge in [0, 0.05) is 43.1 Å². The summed E-state index contributed by atoms with van der Waals surface area (Å²) >= 11 is 0. The van der Waals surface area contributed by atoms with Gasteiger partial charge in [0.05, 0.1) is 17.1 Å². The molecule has 0 aliphatic carbocycles. The Morgan fingerprint density at radius 2 is 1.68 bits per heavy atom. The Kier molecular flexibility index (Phi) is 6.31. The largest absolute Gasteiger partial charge is 0.373 e. The van der Waals surface area contributed by atoms with E-state index < -0.39 is 10.0 Å². The van der Waals surface area contributed by atoms with Gasteiger partial charge in [-0.25, -0.2) is 8.42 Å². The van der Waals surface area contributed by atoms with Crippen molar-refractivity contribution in [3.63, 3.8) is 0 Å². The third-order valence-corrected chi connectivity index (χ3v) is 7.52. The van der Waals surface area contributed by atoms with Crippen LogP contribution in [0.2, 0.25) is 0 Å². The average molecular weight is 444 g/mol. The number of anilines is 2. The van der Waals surface area contributed by atoms with Gasteiger partial charge in [-0.2, -0.15) is 4.31 Å². The van der Waals surface area contributed by atoms with Crippen molar-refractivity contribution in [1.82, 2.24) is 4.31 Å². The third kappa shape index (κ3) is 4.92. The van der Waals surface area contributed by atoms with E-state index in [1.165, 1.54) is 29.3 Å². The summed E-state index contributed by atoms with van der Waals surface area (Å²) in [4.78, 5) is 15.3. The molecule has 2 aliphatic rings. The maximum absolute atomic E-state index is 13.1. The summed E-state index contributed by atoms with van der Waals surface area (Å²) in [5.74, 6) is -0.334. The minimum Gasteiger partial charge on any atom is -0.373 e. The normalized spacial score (nSPS) is 22.5. The van der Waals surface area contributed by atoms with Gasteiger partial charge in [0.2, 0.25) is 10.0 Å². The molecule has 0 saturated carbocycles. The fraction of sp³-hybridized carbons (Fsp3) is 0.435. The summed E-state index contributed by atoms with van der Waals surface area (Å²) in [6, 6.07) is 14.0. The molecule has 31 heavy (non-hydrogen) atoms. The molecular weight excluding hydrogens is 414 g/mol. The molecule has 2 saturated heterocycles. The lowest BCUT2D eigenvalue weighted by Crippen LogP contribution is -2.48. The number of benzene rings is 2. The molecule has 2 heterocycles. The second kappa shape index (κ2) is 8.98. The van der Waals surface area contributed by atoms with Gasteiger partial charge in [0.1, 0.15) is 0 Å². The predicted octanol–water partition coefficient (Wildman–Crippen LogP) is 3.34. The zero-order chi connectivity index (χ0) is 22.0. The van der Waals surface area contributed by atoms with Crippen LogP contribution in [0.3, 0.4) is 0 Å². The highest BCUT2D eigenvalue weighted by atomic mass is 32.2. The molecule has 2 aromatic rings. The molecule has 1 N–H and O–H groups in total. The maximum Gasteiger partial charge on any atom is 0.255 e. The van der Waals surface area contributed by atoms with Crippen molar-refractivity contribution in [3.8, 4) is 0 Å². The van der Waals surface area contributed by atoms with E-state index >= 15 is 0 Å². The highest BCUT2D eigenvalue weighted by molar-refractivity contribution is 7.89. The Hall–Kier alpha value is -2.42. The van der Waals surface area contributed by atoms with Crippen molar-refractivity contribution in [2.24, 2.45) is 0 Å². The van der Waals surface area contributed by atoms with E-state index in [1.54, 1.807) is 12.1 Å². The van der Waals surface area contributed by atoms with Crippen LogP contribution in [0.5, 0.6) is 0 Å². The minimum absolute atomic E-state index is 0.118. The van der Waals surface area contributed by atoms with Crippen molar-refractivity contribution in [2.45, 2.75) is 43.8 Å². The number of ether oxygens (including phenoxy) is 1. The molecule has 0 bridgehead atoms. The van der Waals surface area contributed by atoms with Crippen molar-refractivity contribution in [1.29, 1.82) is 0 Å². The molecule has 2 aromatic carbocycles. The highest BCUT2D eigenvalue weighted by Crippen LogP contribution is 2.25. The van der Waals surface area contributed by atoms with Crippen LogP contribution < -0.4 is 10.2 Å². The van der Waals surface area contributed by atoms with Crippen LogP contribution in [0, 0.1) is 0 Å². The van der Waals surface area contributed by atoms with Crippen LogP contribution in [0.1, 0.15) is 37.0 Å². The van der Waals surface area contributed by atoms with E-state index in [-0.39, 0.29) is 23.0 Å². The Labute approximate surface area is 184 Å². The van der Waals surface area contributed by atoms with Crippen molar-refractivity contribution < 1.29 is 17.9 Å². The second-order valence-corrected chi connectivity index (χ2v) is 10.2. The standard InChI is InChI=1S/C23H29N3O4S/c1-17-15-26(16-18(2)30-17)31(28,29)22-10-5-7-19(13-22)23(27)24-20-8-6-9-21(14-20)25-11-3-4-12-25/h5-10,13-14,17-18H,3-4,11-12,15-16H2,1-2H3,(H,24,27)/t17-,18-/m1/s1. The zero-order valence-electron chi connectivity index (χ0n) is 18.0. The molecule has 2 fully saturated rings. The number of rotatable bonds is 5. The highest BCUT2D eigenvalue weighted by Gasteiger charge is 2.32. The lowest BCUT2D eigenvalue weighted by atomic mass is 10.2. The van der Waals surface area contributed by atoms with Gasteiger partial charge >= 0.3 is 0 Å². The molecule has 0 spiro atoms. The molecule has 7 nitrogen and oxygen atoms in total. The Morgan fingerprint density at radius 1 is 1.00 bits per heavy atom. The molecular formula is C23H29N3O4S. The van der Waals surface area contributed by atoms with Gasteiger partial charge in [-0.05, 0) is 63.1 Å². The van der Waals surface area contributed by atoms with Crippen LogP contribution in [0.15, 0.2) is 53.4 Å². The van der Waals surface area contributed by atoms with Crippen molar-refractivity contribution in [2.75, 3.05) is 36.4 Å². The molecule has 166 valence electrons. The molecule has 8 heteroatoms. The van der Waals surface area contributed by atoms with Gasteiger partial charge in [0.25, 0.3) is 5.91 Å². The first kappa shape index (κ1) is 21.8. The van der Waals surface area contributed by atoms with E-state index in [0.717, 1.165) is 18.8 Å². The lowest BCUT2D eigenvalue weighted by molar-refractivity contribution is -0.0440. The molecule has 0 aromatic heterocycles. The van der Waals surface area contributed by atoms with E-state index in [9.17, 15) is 13.2 Å². The molecule has 1 amide bonds. The molecule has 0 unspecified atom stereocenters. The van der Waals surface area contributed by atoms with Crippen molar-refractivity contribution in [3.05, 3.63) is 54.1 Å². The van der Waals surface area contributed by atoms with E-state index in [4.69, 9.17) is 4.74 Å². The Balaban J connectivity index is 1.51. The molecule has 2 aliphatic heterocycles. The van der Waals surface area contributed by atoms with Crippen LogP contribution in [0.4, 0.5) is 11.4 Å². The summed E-state index contributed by atoms with van der Waals surface area (Å²) < 4.78 is 33.4. The Bertz CT molecular complexity index is 1040. The smallest absolute Gasteiger partial charge is 0.255 e. The second-order valence-electron chi connectivity index (χ2n) is 8.31. The third-order valence-electron chi connectivity index (χ3n) is 5.70. The quantitative estimate of drug-likeness (QED) is 0.767. The fourth-order valence-electron chi connectivity index (χ4n) is 4.23. The SMILES string of the molecule is C[C@@H]1CN(S(=O)(=O)c2cccc(C(=O)Nc3cccc(N4CCCC4)c3)c2)C[C@@H](C)O1. The number of hydrogen-bond acceptors (Lipinski definition) is 5. The van der Waals surface area contributed by atoms with E-state index in [1.807, 2.05) is 38.1 Å². The number of carbonyl (C=O) groups is 1. The van der Waals surface area contributed by atoms with E-state index in [2.05, 4.69) is 10.2 Å². The van der Waals surface area contributed by atoms with Crippen LogP contribution in [-0.4, -0.2) is 57.0 Å². The zero-order valence-corrected chi connectivity index (χ0v) is 18.8. The van der Waals surface area contributed by atoms with Crippen LogP contribution >= 0.6 is 0 Å². The number of hydrogen-bond donors (Lipinski definition) is 1. The van der Waals surface area contributed by atoms with Gasteiger partial charge in [-0.1, -0.05) is 12.1 Å². The van der Waals surface area contributed by atoms with Crippen molar-refractivity contribution >= 4 is 27.3 Å². The lowest BCUT2D eigenvalue weighted by Gasteiger charge is -2.34. The molecule has 0 radical (unpaired) electrons. The molecule has 2 atom stereocenters. The summed E-state index contributed by atoms with van der Waals surface area (Å²) in [6.07, 6.45) is 2.01. The van der Waals surface area contributed by atoms with Crippen LogP contribution in [0.25, 0.3) is 0 Å². The van der Waals surface area contributed by atoms with Gasteiger partial charge in [0.15, 0.2) is 0 Å². The van der Waals surface area contributed by atoms with Crippen LogP contribution in [-0.2, 0) is 14.8 Å². The fourth-order valence-corrected chi connectivity index (χ4v) is 5.87. The van der Waals surface area contributed by atoms with Gasteiger partial charge in [-0.3, -0.25) is 4.79 Å².